The Labute approximate surface area is 222 Å². The van der Waals surface area contributed by atoms with Crippen molar-refractivity contribution in [1.82, 2.24) is 29.2 Å². The minimum absolute atomic E-state index is 0.141. The van der Waals surface area contributed by atoms with Crippen molar-refractivity contribution in [1.29, 1.82) is 0 Å². The lowest BCUT2D eigenvalue weighted by atomic mass is 10.0. The number of likely N-dealkylation sites (tertiary alicyclic amines) is 1. The summed E-state index contributed by atoms with van der Waals surface area (Å²) in [6.07, 6.45) is 7.86. The maximum absolute atomic E-state index is 13.1. The highest BCUT2D eigenvalue weighted by Gasteiger charge is 2.30. The van der Waals surface area contributed by atoms with Crippen LogP contribution in [0.2, 0.25) is 0 Å². The molecule has 0 atom stereocenters. The Kier molecular flexibility index (Phi) is 7.98. The number of aryl methyl sites for hydroxylation is 1. The van der Waals surface area contributed by atoms with E-state index in [0.717, 1.165) is 18.5 Å². The summed E-state index contributed by atoms with van der Waals surface area (Å²) in [5.74, 6) is 0.645. The molecule has 2 amide bonds. The molecule has 12 heteroatoms. The first-order valence-electron chi connectivity index (χ1n) is 12.9. The largest absolute Gasteiger partial charge is 0.477 e. The van der Waals surface area contributed by atoms with Crippen molar-refractivity contribution in [2.75, 3.05) is 36.5 Å². The van der Waals surface area contributed by atoms with Crippen LogP contribution in [0.5, 0.6) is 5.88 Å². The third-order valence-electron chi connectivity index (χ3n) is 6.12. The van der Waals surface area contributed by atoms with Crippen LogP contribution < -0.4 is 15.0 Å². The van der Waals surface area contributed by atoms with Gasteiger partial charge in [-0.3, -0.25) is 4.79 Å². The van der Waals surface area contributed by atoms with Gasteiger partial charge in [-0.25, -0.2) is 19.7 Å². The lowest BCUT2D eigenvalue weighted by molar-refractivity contribution is 0.0204. The number of rotatable bonds is 7. The molecule has 0 unspecified atom stereocenters. The van der Waals surface area contributed by atoms with E-state index in [0.29, 0.717) is 43.7 Å². The van der Waals surface area contributed by atoms with Gasteiger partial charge in [-0.15, -0.1) is 0 Å². The Morgan fingerprint density at radius 3 is 2.50 bits per heavy atom. The molecular weight excluding hydrogens is 488 g/mol. The second-order valence-corrected chi connectivity index (χ2v) is 10.2. The van der Waals surface area contributed by atoms with Gasteiger partial charge in [-0.2, -0.15) is 4.98 Å². The molecule has 4 rings (SSSR count). The number of nitrogens with zero attached hydrogens (tertiary/aromatic N) is 7. The molecule has 1 saturated heterocycles. The molecule has 1 aliphatic rings. The molecule has 1 aliphatic heterocycles. The molecule has 0 saturated carbocycles. The average molecular weight is 525 g/mol. The first-order valence-corrected chi connectivity index (χ1v) is 12.9. The fourth-order valence-corrected chi connectivity index (χ4v) is 4.42. The monoisotopic (exact) mass is 524 g/mol. The van der Waals surface area contributed by atoms with Crippen LogP contribution in [0.1, 0.15) is 63.5 Å². The molecule has 0 aromatic carbocycles. The predicted octanol–water partition coefficient (Wildman–Crippen LogP) is 3.70. The van der Waals surface area contributed by atoms with Crippen LogP contribution in [0.3, 0.4) is 0 Å². The lowest BCUT2D eigenvalue weighted by Gasteiger charge is -2.38. The minimum atomic E-state index is -0.526. The van der Waals surface area contributed by atoms with E-state index >= 15 is 0 Å². The molecular formula is C26H36N8O4. The van der Waals surface area contributed by atoms with Gasteiger partial charge in [0.05, 0.1) is 24.7 Å². The number of carbonyl (C=O) groups is 2. The van der Waals surface area contributed by atoms with Crippen molar-refractivity contribution >= 4 is 29.4 Å². The fourth-order valence-electron chi connectivity index (χ4n) is 4.42. The van der Waals surface area contributed by atoms with Gasteiger partial charge in [-0.05, 0) is 54.4 Å². The molecule has 0 radical (unpaired) electrons. The van der Waals surface area contributed by atoms with Crippen LogP contribution in [-0.4, -0.2) is 79.1 Å². The summed E-state index contributed by atoms with van der Waals surface area (Å²) in [5.41, 5.74) is 1.24. The summed E-state index contributed by atoms with van der Waals surface area (Å²) in [5, 5.41) is 2.79. The Balaban J connectivity index is 1.47. The Morgan fingerprint density at radius 2 is 1.84 bits per heavy atom. The fraction of sp³-hybridized carbons (Fsp3) is 0.538. The molecule has 1 fully saturated rings. The number of amides is 2. The average Bonchev–Trinajstić information content (AvgIpc) is 3.23. The van der Waals surface area contributed by atoms with E-state index in [-0.39, 0.29) is 23.6 Å². The number of hydrogen-bond donors (Lipinski definition) is 1. The highest BCUT2D eigenvalue weighted by molar-refractivity contribution is 6.05. The SMILES string of the molecule is CCOc1nc(N(CC)C2CCN(C(=O)OC(C)(C)C)CC2)ncc1C(=O)Nc1cn2cc(C)nc2cn1. The first-order chi connectivity index (χ1) is 18.1. The molecule has 0 aliphatic carbocycles. The molecule has 1 N–H and O–H groups in total. The van der Waals surface area contributed by atoms with E-state index in [1.54, 1.807) is 21.7 Å². The number of nitrogens with one attached hydrogen (secondary N) is 1. The molecule has 12 nitrogen and oxygen atoms in total. The van der Waals surface area contributed by atoms with E-state index in [1.807, 2.05) is 47.7 Å². The highest BCUT2D eigenvalue weighted by Crippen LogP contribution is 2.25. The number of piperidine rings is 1. The quantitative estimate of drug-likeness (QED) is 0.492. The summed E-state index contributed by atoms with van der Waals surface area (Å²) >= 11 is 0. The summed E-state index contributed by atoms with van der Waals surface area (Å²) in [4.78, 5) is 47.1. The molecule has 0 spiro atoms. The van der Waals surface area contributed by atoms with Crippen LogP contribution in [0.25, 0.3) is 5.65 Å². The maximum atomic E-state index is 13.1. The van der Waals surface area contributed by atoms with Crippen molar-refractivity contribution < 1.29 is 19.1 Å². The topological polar surface area (TPSA) is 127 Å². The maximum Gasteiger partial charge on any atom is 0.410 e. The zero-order valence-electron chi connectivity index (χ0n) is 22.9. The molecule has 204 valence electrons. The summed E-state index contributed by atoms with van der Waals surface area (Å²) in [6.45, 7) is 13.5. The number of ether oxygens (including phenoxy) is 2. The Bertz CT molecular complexity index is 1290. The van der Waals surface area contributed by atoms with Gasteiger partial charge in [0.25, 0.3) is 5.91 Å². The number of carbonyl (C=O) groups excluding carboxylic acids is 2. The van der Waals surface area contributed by atoms with Gasteiger partial charge >= 0.3 is 6.09 Å². The van der Waals surface area contributed by atoms with Crippen molar-refractivity contribution in [3.8, 4) is 5.88 Å². The number of fused-ring (bicyclic) bond motifs is 1. The minimum Gasteiger partial charge on any atom is -0.477 e. The van der Waals surface area contributed by atoms with Gasteiger partial charge in [-0.1, -0.05) is 0 Å². The smallest absolute Gasteiger partial charge is 0.410 e. The van der Waals surface area contributed by atoms with Crippen LogP contribution in [0, 0.1) is 6.92 Å². The Morgan fingerprint density at radius 1 is 1.11 bits per heavy atom. The number of imidazole rings is 1. The summed E-state index contributed by atoms with van der Waals surface area (Å²) < 4.78 is 13.1. The number of anilines is 2. The molecule has 38 heavy (non-hydrogen) atoms. The van der Waals surface area contributed by atoms with Gasteiger partial charge < -0.3 is 29.0 Å². The predicted molar refractivity (Wildman–Crippen MR) is 143 cm³/mol. The van der Waals surface area contributed by atoms with E-state index in [4.69, 9.17) is 9.47 Å². The van der Waals surface area contributed by atoms with Crippen LogP contribution in [-0.2, 0) is 4.74 Å². The number of hydrogen-bond acceptors (Lipinski definition) is 9. The third kappa shape index (κ3) is 6.29. The Hall–Kier alpha value is -3.96. The van der Waals surface area contributed by atoms with Gasteiger partial charge in [0.2, 0.25) is 11.8 Å². The summed E-state index contributed by atoms with van der Waals surface area (Å²) in [7, 11) is 0. The summed E-state index contributed by atoms with van der Waals surface area (Å²) in [6, 6.07) is 0.141. The standard InChI is InChI=1S/C26H36N8O4/c1-7-34(18-9-11-32(12-10-18)25(36)38-26(4,5)6)24-28-13-19(23(31-24)37-8-2)22(35)30-20-16-33-15-17(3)29-21(33)14-27-20/h13-16,18H,7-12H2,1-6H3,(H,30,35). The highest BCUT2D eigenvalue weighted by atomic mass is 16.6. The first kappa shape index (κ1) is 27.1. The second kappa shape index (κ2) is 11.2. The molecule has 0 bridgehead atoms. The van der Waals surface area contributed by atoms with Gasteiger partial charge in [0.1, 0.15) is 17.0 Å². The van der Waals surface area contributed by atoms with Crippen LogP contribution in [0.15, 0.2) is 24.8 Å². The van der Waals surface area contributed by atoms with E-state index in [1.165, 1.54) is 6.20 Å². The normalized spacial score (nSPS) is 14.4. The van der Waals surface area contributed by atoms with Crippen molar-refractivity contribution in [2.24, 2.45) is 0 Å². The van der Waals surface area contributed by atoms with E-state index in [9.17, 15) is 9.59 Å². The third-order valence-corrected chi connectivity index (χ3v) is 6.12. The van der Waals surface area contributed by atoms with E-state index < -0.39 is 11.5 Å². The van der Waals surface area contributed by atoms with Crippen molar-refractivity contribution in [3.05, 3.63) is 36.0 Å². The number of aromatic nitrogens is 5. The molecule has 3 aromatic heterocycles. The van der Waals surface area contributed by atoms with Crippen molar-refractivity contribution in [3.63, 3.8) is 0 Å². The van der Waals surface area contributed by atoms with Crippen LogP contribution >= 0.6 is 0 Å². The lowest BCUT2D eigenvalue weighted by Crippen LogP contribution is -2.48. The second-order valence-electron chi connectivity index (χ2n) is 10.2. The molecule has 3 aromatic rings. The zero-order chi connectivity index (χ0) is 27.4. The van der Waals surface area contributed by atoms with Crippen molar-refractivity contribution in [2.45, 2.75) is 66.0 Å². The van der Waals surface area contributed by atoms with E-state index in [2.05, 4.69) is 30.2 Å². The van der Waals surface area contributed by atoms with Gasteiger partial charge in [0.15, 0.2) is 5.65 Å². The van der Waals surface area contributed by atoms with Gasteiger partial charge in [0, 0.05) is 38.1 Å². The van der Waals surface area contributed by atoms with Crippen LogP contribution in [0.4, 0.5) is 16.6 Å². The molecule has 4 heterocycles. The zero-order valence-corrected chi connectivity index (χ0v) is 22.9.